The van der Waals surface area contributed by atoms with Crippen LogP contribution in [0.25, 0.3) is 0 Å². The molecule has 2 aromatic rings. The van der Waals surface area contributed by atoms with Crippen LogP contribution in [0.15, 0.2) is 48.8 Å². The highest BCUT2D eigenvalue weighted by Crippen LogP contribution is 2.34. The van der Waals surface area contributed by atoms with Crippen LogP contribution < -0.4 is 9.64 Å². The summed E-state index contributed by atoms with van der Waals surface area (Å²) in [6.07, 6.45) is 4.80. The minimum Gasteiger partial charge on any atom is -0.479 e. The zero-order chi connectivity index (χ0) is 17.8. The van der Waals surface area contributed by atoms with Crippen LogP contribution in [0, 0.1) is 0 Å². The molecular weight excluding hydrogens is 314 g/mol. The van der Waals surface area contributed by atoms with E-state index >= 15 is 0 Å². The normalized spacial score (nSPS) is 18.0. The molecule has 0 spiro atoms. The maximum Gasteiger partial charge on any atom is 0.263 e. The number of pyridine rings is 1. The molecule has 0 aliphatic carbocycles. The molecule has 1 aliphatic heterocycles. The van der Waals surface area contributed by atoms with Crippen LogP contribution in [0.1, 0.15) is 31.4 Å². The molecule has 0 saturated carbocycles. The largest absolute Gasteiger partial charge is 0.479 e. The van der Waals surface area contributed by atoms with Crippen LogP contribution in [0.5, 0.6) is 5.75 Å². The van der Waals surface area contributed by atoms with Gasteiger partial charge in [-0.1, -0.05) is 12.1 Å². The number of aromatic nitrogens is 1. The lowest BCUT2D eigenvalue weighted by Crippen LogP contribution is -2.40. The monoisotopic (exact) mass is 339 g/mol. The molecule has 2 heterocycles. The van der Waals surface area contributed by atoms with Crippen LogP contribution in [0.2, 0.25) is 0 Å². The quantitative estimate of drug-likeness (QED) is 0.839. The minimum absolute atomic E-state index is 0.0293. The van der Waals surface area contributed by atoms with Gasteiger partial charge in [0.1, 0.15) is 5.75 Å². The molecule has 1 aromatic carbocycles. The summed E-state index contributed by atoms with van der Waals surface area (Å²) in [5.41, 5.74) is 2.34. The standard InChI is InChI=1S/C20H25N3O2/c1-15(25-18-9-5-11-21-14-18)20(24)23-12-6-10-19(23)16-7-4-8-17(13-16)22(2)3/h4-5,7-9,11,13-15,19H,6,10,12H2,1-3H3/t15-,19+/m0/s1. The van der Waals surface area contributed by atoms with Gasteiger partial charge in [0.25, 0.3) is 5.91 Å². The third-order valence-electron chi connectivity index (χ3n) is 4.60. The zero-order valence-electron chi connectivity index (χ0n) is 15.1. The summed E-state index contributed by atoms with van der Waals surface area (Å²) in [7, 11) is 4.06. The summed E-state index contributed by atoms with van der Waals surface area (Å²) in [5, 5.41) is 0. The van der Waals surface area contributed by atoms with Gasteiger partial charge < -0.3 is 14.5 Å². The zero-order valence-corrected chi connectivity index (χ0v) is 15.1. The van der Waals surface area contributed by atoms with Gasteiger partial charge in [0.2, 0.25) is 0 Å². The third kappa shape index (κ3) is 3.92. The lowest BCUT2D eigenvalue weighted by molar-refractivity contribution is -0.138. The minimum atomic E-state index is -0.526. The predicted molar refractivity (Wildman–Crippen MR) is 98.8 cm³/mol. The van der Waals surface area contributed by atoms with Crippen LogP contribution in [-0.4, -0.2) is 42.5 Å². The maximum absolute atomic E-state index is 12.9. The van der Waals surface area contributed by atoms with Gasteiger partial charge in [-0.2, -0.15) is 0 Å². The molecule has 1 aliphatic rings. The van der Waals surface area contributed by atoms with E-state index in [1.165, 1.54) is 5.56 Å². The van der Waals surface area contributed by atoms with Gasteiger partial charge in [-0.25, -0.2) is 0 Å². The van der Waals surface area contributed by atoms with Crippen molar-refractivity contribution >= 4 is 11.6 Å². The molecule has 3 rings (SSSR count). The molecule has 2 atom stereocenters. The Morgan fingerprint density at radius 2 is 2.16 bits per heavy atom. The first kappa shape index (κ1) is 17.3. The van der Waals surface area contributed by atoms with Gasteiger partial charge in [0.15, 0.2) is 6.10 Å². The summed E-state index contributed by atoms with van der Waals surface area (Å²) in [4.78, 5) is 21.0. The summed E-state index contributed by atoms with van der Waals surface area (Å²) in [6.45, 7) is 2.58. The lowest BCUT2D eigenvalue weighted by Gasteiger charge is -2.28. The van der Waals surface area contributed by atoms with Crippen molar-refractivity contribution in [1.29, 1.82) is 0 Å². The molecule has 0 radical (unpaired) electrons. The number of carbonyl (C=O) groups excluding carboxylic acids is 1. The summed E-state index contributed by atoms with van der Waals surface area (Å²) in [5.74, 6) is 0.648. The van der Waals surface area contributed by atoms with E-state index < -0.39 is 6.10 Å². The Balaban J connectivity index is 1.74. The molecule has 1 amide bonds. The number of hydrogen-bond donors (Lipinski definition) is 0. The number of ether oxygens (including phenoxy) is 1. The van der Waals surface area contributed by atoms with E-state index in [2.05, 4.69) is 34.1 Å². The number of hydrogen-bond acceptors (Lipinski definition) is 4. The summed E-state index contributed by atoms with van der Waals surface area (Å²) < 4.78 is 5.77. The van der Waals surface area contributed by atoms with Gasteiger partial charge >= 0.3 is 0 Å². The predicted octanol–water partition coefficient (Wildman–Crippen LogP) is 3.28. The average Bonchev–Trinajstić information content (AvgIpc) is 3.11. The molecule has 1 aromatic heterocycles. The van der Waals surface area contributed by atoms with E-state index in [9.17, 15) is 4.79 Å². The van der Waals surface area contributed by atoms with Crippen molar-refractivity contribution in [2.45, 2.75) is 31.9 Å². The van der Waals surface area contributed by atoms with Gasteiger partial charge in [-0.3, -0.25) is 9.78 Å². The van der Waals surface area contributed by atoms with Crippen LogP contribution in [0.3, 0.4) is 0 Å². The molecule has 132 valence electrons. The second-order valence-corrected chi connectivity index (χ2v) is 6.63. The Bertz CT molecular complexity index is 718. The molecule has 0 bridgehead atoms. The topological polar surface area (TPSA) is 45.7 Å². The first-order valence-corrected chi connectivity index (χ1v) is 8.70. The maximum atomic E-state index is 12.9. The molecule has 0 unspecified atom stereocenters. The number of nitrogens with zero attached hydrogens (tertiary/aromatic N) is 3. The smallest absolute Gasteiger partial charge is 0.263 e. The fourth-order valence-corrected chi connectivity index (χ4v) is 3.29. The number of benzene rings is 1. The molecule has 5 nitrogen and oxygen atoms in total. The fraction of sp³-hybridized carbons (Fsp3) is 0.400. The van der Waals surface area contributed by atoms with E-state index in [4.69, 9.17) is 4.74 Å². The highest BCUT2D eigenvalue weighted by Gasteiger charge is 2.33. The van der Waals surface area contributed by atoms with E-state index in [1.54, 1.807) is 25.4 Å². The number of rotatable bonds is 5. The fourth-order valence-electron chi connectivity index (χ4n) is 3.29. The van der Waals surface area contributed by atoms with Crippen molar-refractivity contribution in [3.63, 3.8) is 0 Å². The van der Waals surface area contributed by atoms with E-state index in [0.717, 1.165) is 25.1 Å². The van der Waals surface area contributed by atoms with Gasteiger partial charge in [-0.05, 0) is 49.6 Å². The van der Waals surface area contributed by atoms with Crippen LogP contribution in [-0.2, 0) is 4.79 Å². The van der Waals surface area contributed by atoms with Gasteiger partial charge in [-0.15, -0.1) is 0 Å². The van der Waals surface area contributed by atoms with Crippen LogP contribution in [0.4, 0.5) is 5.69 Å². The number of carbonyl (C=O) groups is 1. The first-order valence-electron chi connectivity index (χ1n) is 8.70. The number of amides is 1. The molecule has 0 N–H and O–H groups in total. The van der Waals surface area contributed by atoms with Crippen molar-refractivity contribution in [2.24, 2.45) is 0 Å². The Labute approximate surface area is 149 Å². The molecule has 1 saturated heterocycles. The number of anilines is 1. The summed E-state index contributed by atoms with van der Waals surface area (Å²) >= 11 is 0. The van der Waals surface area contributed by atoms with Gasteiger partial charge in [0.05, 0.1) is 12.2 Å². The molecule has 25 heavy (non-hydrogen) atoms. The van der Waals surface area contributed by atoms with Crippen molar-refractivity contribution in [3.05, 3.63) is 54.4 Å². The van der Waals surface area contributed by atoms with E-state index in [1.807, 2.05) is 25.1 Å². The Hall–Kier alpha value is -2.56. The van der Waals surface area contributed by atoms with E-state index in [0.29, 0.717) is 5.75 Å². The number of likely N-dealkylation sites (tertiary alicyclic amines) is 1. The first-order chi connectivity index (χ1) is 12.1. The Morgan fingerprint density at radius 3 is 2.88 bits per heavy atom. The van der Waals surface area contributed by atoms with Crippen molar-refractivity contribution < 1.29 is 9.53 Å². The van der Waals surface area contributed by atoms with Crippen LogP contribution >= 0.6 is 0 Å². The second kappa shape index (κ2) is 7.55. The summed E-state index contributed by atoms with van der Waals surface area (Å²) in [6, 6.07) is 12.2. The van der Waals surface area contributed by atoms with Gasteiger partial charge in [0, 0.05) is 32.5 Å². The van der Waals surface area contributed by atoms with Crippen molar-refractivity contribution in [2.75, 3.05) is 25.5 Å². The molecule has 1 fully saturated rings. The molecular formula is C20H25N3O2. The Kier molecular flexibility index (Phi) is 5.22. The SMILES string of the molecule is C[C@H](Oc1cccnc1)C(=O)N1CCC[C@@H]1c1cccc(N(C)C)c1. The molecule has 5 heteroatoms. The highest BCUT2D eigenvalue weighted by atomic mass is 16.5. The Morgan fingerprint density at radius 1 is 1.32 bits per heavy atom. The van der Waals surface area contributed by atoms with Crippen molar-refractivity contribution in [1.82, 2.24) is 9.88 Å². The second-order valence-electron chi connectivity index (χ2n) is 6.63. The average molecular weight is 339 g/mol. The lowest BCUT2D eigenvalue weighted by atomic mass is 10.0. The van der Waals surface area contributed by atoms with Crippen molar-refractivity contribution in [3.8, 4) is 5.75 Å². The van der Waals surface area contributed by atoms with E-state index in [-0.39, 0.29) is 11.9 Å². The highest BCUT2D eigenvalue weighted by molar-refractivity contribution is 5.81. The third-order valence-corrected chi connectivity index (χ3v) is 4.60.